The third kappa shape index (κ3) is 55.8. The summed E-state index contributed by atoms with van der Waals surface area (Å²) >= 11 is 0. The summed E-state index contributed by atoms with van der Waals surface area (Å²) < 4.78 is 5.50. The first-order valence-corrected chi connectivity index (χ1v) is 31.5. The van der Waals surface area contributed by atoms with Crippen molar-refractivity contribution in [2.45, 2.75) is 366 Å². The summed E-state index contributed by atoms with van der Waals surface area (Å²) in [5.41, 5.74) is 0. The Balaban J connectivity index is 3.39. The van der Waals surface area contributed by atoms with E-state index in [2.05, 4.69) is 19.2 Å². The number of esters is 1. The summed E-state index contributed by atoms with van der Waals surface area (Å²) in [5, 5.41) is 23.1. The lowest BCUT2D eigenvalue weighted by atomic mass is 10.0. The Hall–Kier alpha value is -1.40. The predicted octanol–water partition coefficient (Wildman–Crippen LogP) is 19.6. The second-order valence-electron chi connectivity index (χ2n) is 21.8. The van der Waals surface area contributed by atoms with Gasteiger partial charge >= 0.3 is 5.97 Å². The van der Waals surface area contributed by atoms with Crippen LogP contribution in [0.3, 0.4) is 0 Å². The summed E-state index contributed by atoms with van der Waals surface area (Å²) in [4.78, 5) is 24.6. The van der Waals surface area contributed by atoms with Gasteiger partial charge in [-0.25, -0.2) is 0 Å². The van der Waals surface area contributed by atoms with Gasteiger partial charge in [-0.15, -0.1) is 0 Å². The van der Waals surface area contributed by atoms with Crippen molar-refractivity contribution < 1.29 is 24.5 Å². The molecular formula is C63H123NO5. The standard InChI is InChI=1S/C63H123NO5/c1-3-5-7-9-11-13-15-17-19-20-21-25-29-33-37-41-45-49-53-57-63(68)69-58-54-50-46-42-38-34-30-26-23-22-24-28-32-36-40-44-48-52-56-62(67)64-60(59-65)61(66)55-51-47-43-39-35-31-27-18-16-14-12-10-8-6-4-2/h51,55,60-61,65-66H,3-50,52-54,56-59H2,1-2H3,(H,64,67)/b55-51+. The van der Waals surface area contributed by atoms with E-state index in [0.29, 0.717) is 19.4 Å². The molecular weight excluding hydrogens is 851 g/mol. The number of aliphatic hydroxyl groups excluding tert-OH is 2. The lowest BCUT2D eigenvalue weighted by Gasteiger charge is -2.20. The van der Waals surface area contributed by atoms with Crippen molar-refractivity contribution in [2.24, 2.45) is 0 Å². The summed E-state index contributed by atoms with van der Waals surface area (Å²) in [6.07, 6.45) is 71.1. The molecule has 2 atom stereocenters. The molecule has 0 saturated carbocycles. The second kappa shape index (κ2) is 59.2. The molecule has 0 aromatic heterocycles. The molecule has 2 unspecified atom stereocenters. The molecule has 0 aliphatic rings. The molecule has 6 nitrogen and oxygen atoms in total. The van der Waals surface area contributed by atoms with Gasteiger partial charge in [0, 0.05) is 12.8 Å². The number of rotatable bonds is 59. The van der Waals surface area contributed by atoms with E-state index in [9.17, 15) is 19.8 Å². The van der Waals surface area contributed by atoms with Crippen LogP contribution in [0.25, 0.3) is 0 Å². The van der Waals surface area contributed by atoms with Crippen LogP contribution < -0.4 is 5.32 Å². The minimum atomic E-state index is -0.846. The number of allylic oxidation sites excluding steroid dienone is 1. The molecule has 0 heterocycles. The molecule has 3 N–H and O–H groups in total. The zero-order valence-electron chi connectivity index (χ0n) is 46.8. The zero-order valence-corrected chi connectivity index (χ0v) is 46.8. The molecule has 410 valence electrons. The maximum Gasteiger partial charge on any atom is 0.305 e. The number of unbranched alkanes of at least 4 members (excludes halogenated alkanes) is 48. The van der Waals surface area contributed by atoms with Gasteiger partial charge in [-0.1, -0.05) is 321 Å². The number of aliphatic hydroxyl groups is 2. The van der Waals surface area contributed by atoms with Crippen molar-refractivity contribution in [2.75, 3.05) is 13.2 Å². The third-order valence-electron chi connectivity index (χ3n) is 14.8. The molecule has 0 rings (SSSR count). The first-order valence-electron chi connectivity index (χ1n) is 31.5. The van der Waals surface area contributed by atoms with Crippen LogP contribution in [0.2, 0.25) is 0 Å². The maximum atomic E-state index is 12.5. The van der Waals surface area contributed by atoms with Gasteiger partial charge in [-0.3, -0.25) is 9.59 Å². The first-order chi connectivity index (χ1) is 34.0. The first kappa shape index (κ1) is 67.6. The average molecular weight is 975 g/mol. The lowest BCUT2D eigenvalue weighted by Crippen LogP contribution is -2.45. The quantitative estimate of drug-likeness (QED) is 0.0321. The van der Waals surface area contributed by atoms with Crippen molar-refractivity contribution in [1.82, 2.24) is 5.32 Å². The molecule has 1 amide bonds. The van der Waals surface area contributed by atoms with Crippen molar-refractivity contribution in [3.63, 3.8) is 0 Å². The van der Waals surface area contributed by atoms with Crippen LogP contribution in [0.5, 0.6) is 0 Å². The van der Waals surface area contributed by atoms with Gasteiger partial charge in [0.05, 0.1) is 25.4 Å². The minimum absolute atomic E-state index is 0.0120. The van der Waals surface area contributed by atoms with Gasteiger partial charge in [-0.05, 0) is 32.1 Å². The SMILES string of the molecule is CCCCCCCCCCCCCCC/C=C/C(O)C(CO)NC(=O)CCCCCCCCCCCCCCCCCCCCOC(=O)CCCCCCCCCCCCCCCCCCCCC. The normalized spacial score (nSPS) is 12.6. The molecule has 69 heavy (non-hydrogen) atoms. The molecule has 0 aliphatic carbocycles. The number of carbonyl (C=O) groups excluding carboxylic acids is 2. The van der Waals surface area contributed by atoms with Crippen molar-refractivity contribution in [1.29, 1.82) is 0 Å². The predicted molar refractivity (Wildman–Crippen MR) is 301 cm³/mol. The molecule has 0 saturated heterocycles. The summed E-state index contributed by atoms with van der Waals surface area (Å²) in [6.45, 7) is 4.93. The van der Waals surface area contributed by atoms with Crippen LogP contribution >= 0.6 is 0 Å². The van der Waals surface area contributed by atoms with Gasteiger partial charge in [0.1, 0.15) is 0 Å². The Morgan fingerprint density at radius 1 is 0.391 bits per heavy atom. The van der Waals surface area contributed by atoms with Crippen LogP contribution in [0.15, 0.2) is 12.2 Å². The van der Waals surface area contributed by atoms with Crippen molar-refractivity contribution in [3.8, 4) is 0 Å². The van der Waals surface area contributed by atoms with E-state index in [1.807, 2.05) is 6.08 Å². The number of nitrogens with one attached hydrogen (secondary N) is 1. The van der Waals surface area contributed by atoms with Crippen molar-refractivity contribution in [3.05, 3.63) is 12.2 Å². The molecule has 0 aromatic carbocycles. The number of amides is 1. The Labute approximate surface area is 431 Å². The molecule has 0 radical (unpaired) electrons. The van der Waals surface area contributed by atoms with Gasteiger partial charge in [-0.2, -0.15) is 0 Å². The highest BCUT2D eigenvalue weighted by atomic mass is 16.5. The van der Waals surface area contributed by atoms with E-state index in [1.54, 1.807) is 6.08 Å². The van der Waals surface area contributed by atoms with Crippen LogP contribution in [0, 0.1) is 0 Å². The molecule has 0 bridgehead atoms. The summed E-state index contributed by atoms with van der Waals surface area (Å²) in [5.74, 6) is -0.0575. The van der Waals surface area contributed by atoms with Crippen LogP contribution in [-0.4, -0.2) is 47.4 Å². The fourth-order valence-electron chi connectivity index (χ4n) is 9.99. The molecule has 0 aliphatic heterocycles. The maximum absolute atomic E-state index is 12.5. The smallest absolute Gasteiger partial charge is 0.305 e. The number of hydrogen-bond donors (Lipinski definition) is 3. The Kier molecular flexibility index (Phi) is 58.0. The van der Waals surface area contributed by atoms with E-state index >= 15 is 0 Å². The molecule has 0 aromatic rings. The number of hydrogen-bond acceptors (Lipinski definition) is 5. The fraction of sp³-hybridized carbons (Fsp3) is 0.937. The zero-order chi connectivity index (χ0) is 50.0. The van der Waals surface area contributed by atoms with Gasteiger partial charge < -0.3 is 20.3 Å². The minimum Gasteiger partial charge on any atom is -0.466 e. The van der Waals surface area contributed by atoms with E-state index in [1.165, 1.54) is 289 Å². The van der Waals surface area contributed by atoms with E-state index in [-0.39, 0.29) is 18.5 Å². The molecule has 6 heteroatoms. The van der Waals surface area contributed by atoms with Crippen LogP contribution in [0.4, 0.5) is 0 Å². The number of ether oxygens (including phenoxy) is 1. The lowest BCUT2D eigenvalue weighted by molar-refractivity contribution is -0.143. The highest BCUT2D eigenvalue weighted by Crippen LogP contribution is 2.18. The van der Waals surface area contributed by atoms with Crippen molar-refractivity contribution >= 4 is 11.9 Å². The largest absolute Gasteiger partial charge is 0.466 e. The van der Waals surface area contributed by atoms with Gasteiger partial charge in [0.15, 0.2) is 0 Å². The van der Waals surface area contributed by atoms with Gasteiger partial charge in [0.25, 0.3) is 0 Å². The summed E-state index contributed by atoms with van der Waals surface area (Å²) in [7, 11) is 0. The molecule has 0 spiro atoms. The highest BCUT2D eigenvalue weighted by molar-refractivity contribution is 5.76. The Bertz CT molecular complexity index is 1030. The fourth-order valence-corrected chi connectivity index (χ4v) is 9.99. The van der Waals surface area contributed by atoms with E-state index in [0.717, 1.165) is 38.5 Å². The molecule has 0 fully saturated rings. The average Bonchev–Trinajstić information content (AvgIpc) is 3.35. The second-order valence-corrected chi connectivity index (χ2v) is 21.8. The van der Waals surface area contributed by atoms with Crippen LogP contribution in [0.1, 0.15) is 354 Å². The third-order valence-corrected chi connectivity index (χ3v) is 14.8. The topological polar surface area (TPSA) is 95.9 Å². The van der Waals surface area contributed by atoms with Gasteiger partial charge in [0.2, 0.25) is 5.91 Å². The Morgan fingerprint density at radius 2 is 0.667 bits per heavy atom. The monoisotopic (exact) mass is 974 g/mol. The van der Waals surface area contributed by atoms with E-state index < -0.39 is 12.1 Å². The number of carbonyl (C=O) groups is 2. The van der Waals surface area contributed by atoms with Crippen LogP contribution in [-0.2, 0) is 14.3 Å². The Morgan fingerprint density at radius 3 is 0.986 bits per heavy atom. The highest BCUT2D eigenvalue weighted by Gasteiger charge is 2.18. The van der Waals surface area contributed by atoms with E-state index in [4.69, 9.17) is 4.74 Å². The summed E-state index contributed by atoms with van der Waals surface area (Å²) in [6, 6.07) is -0.630.